The van der Waals surface area contributed by atoms with Crippen molar-refractivity contribution < 1.29 is 9.59 Å². The van der Waals surface area contributed by atoms with E-state index in [1.165, 1.54) is 4.90 Å². The molecule has 1 aliphatic heterocycles. The number of urea groups is 1. The number of guanidine groups is 1. The summed E-state index contributed by atoms with van der Waals surface area (Å²) in [4.78, 5) is 29.6. The van der Waals surface area contributed by atoms with Crippen molar-refractivity contribution in [3.8, 4) is 0 Å². The van der Waals surface area contributed by atoms with E-state index in [-0.39, 0.29) is 18.5 Å². The Labute approximate surface area is 124 Å². The van der Waals surface area contributed by atoms with E-state index in [0.29, 0.717) is 19.0 Å². The van der Waals surface area contributed by atoms with Gasteiger partial charge in [-0.3, -0.25) is 9.69 Å². The Hall–Kier alpha value is -2.05. The summed E-state index contributed by atoms with van der Waals surface area (Å²) in [7, 11) is 0. The quantitative estimate of drug-likeness (QED) is 0.294. The maximum atomic E-state index is 12.4. The molecule has 0 aromatic carbocycles. The van der Waals surface area contributed by atoms with Gasteiger partial charge in [0.2, 0.25) is 0 Å². The van der Waals surface area contributed by atoms with Crippen LogP contribution in [-0.4, -0.2) is 48.0 Å². The first-order chi connectivity index (χ1) is 9.94. The first-order valence-corrected chi connectivity index (χ1v) is 7.27. The molecule has 0 atom stereocenters. The van der Waals surface area contributed by atoms with E-state index in [9.17, 15) is 9.59 Å². The summed E-state index contributed by atoms with van der Waals surface area (Å²) in [5, 5.41) is 5.74. The van der Waals surface area contributed by atoms with Crippen molar-refractivity contribution >= 4 is 17.9 Å². The number of carbonyl (C=O) groups excluding carboxylic acids is 2. The predicted octanol–water partition coefficient (Wildman–Crippen LogP) is 0.331. The molecule has 2 aliphatic rings. The Kier molecular flexibility index (Phi) is 4.50. The van der Waals surface area contributed by atoms with E-state index in [4.69, 9.17) is 5.73 Å². The molecule has 7 nitrogen and oxygen atoms in total. The minimum Gasteiger partial charge on any atom is -0.370 e. The Morgan fingerprint density at radius 1 is 1.48 bits per heavy atom. The van der Waals surface area contributed by atoms with Crippen LogP contribution in [0.4, 0.5) is 4.79 Å². The average Bonchev–Trinajstić information content (AvgIpc) is 2.97. The molecule has 116 valence electrons. The van der Waals surface area contributed by atoms with Crippen LogP contribution >= 0.6 is 0 Å². The van der Waals surface area contributed by atoms with E-state index in [1.807, 2.05) is 6.92 Å². The van der Waals surface area contributed by atoms with E-state index < -0.39 is 5.54 Å². The van der Waals surface area contributed by atoms with Crippen molar-refractivity contribution in [1.82, 2.24) is 15.5 Å². The fourth-order valence-corrected chi connectivity index (χ4v) is 2.77. The standard InChI is InChI=1S/C14H23N5O2/c1-10(2)9-17-12(15)16-7-8-19-11(20)14(18-13(19)21)5-3-4-6-14/h1,3-9H2,2H3,(H,18,21)(H3,15,16,17). The number of amides is 3. The Morgan fingerprint density at radius 3 is 2.76 bits per heavy atom. The normalized spacial score (nSPS) is 21.0. The lowest BCUT2D eigenvalue weighted by Crippen LogP contribution is -2.45. The fourth-order valence-electron chi connectivity index (χ4n) is 2.77. The molecule has 1 saturated carbocycles. The third kappa shape index (κ3) is 3.34. The second kappa shape index (κ2) is 6.15. The summed E-state index contributed by atoms with van der Waals surface area (Å²) in [6.07, 6.45) is 3.45. The number of nitrogens with zero attached hydrogens (tertiary/aromatic N) is 2. The van der Waals surface area contributed by atoms with Gasteiger partial charge in [0.1, 0.15) is 5.54 Å². The molecule has 4 N–H and O–H groups in total. The maximum Gasteiger partial charge on any atom is 0.325 e. The number of hydrogen-bond acceptors (Lipinski definition) is 3. The number of imide groups is 1. The Bertz CT molecular complexity index is 480. The van der Waals surface area contributed by atoms with Crippen LogP contribution in [0.15, 0.2) is 17.1 Å². The van der Waals surface area contributed by atoms with E-state index in [2.05, 4.69) is 22.2 Å². The van der Waals surface area contributed by atoms with Gasteiger partial charge in [0.05, 0.1) is 6.54 Å². The van der Waals surface area contributed by atoms with Crippen LogP contribution in [0.3, 0.4) is 0 Å². The minimum atomic E-state index is -0.642. The smallest absolute Gasteiger partial charge is 0.325 e. The highest BCUT2D eigenvalue weighted by molar-refractivity contribution is 6.07. The molecule has 7 heteroatoms. The highest BCUT2D eigenvalue weighted by atomic mass is 16.2. The first kappa shape index (κ1) is 15.3. The van der Waals surface area contributed by atoms with E-state index >= 15 is 0 Å². The molecule has 2 rings (SSSR count). The molecule has 1 saturated heterocycles. The number of carbonyl (C=O) groups is 2. The van der Waals surface area contributed by atoms with Crippen LogP contribution in [0.25, 0.3) is 0 Å². The zero-order valence-electron chi connectivity index (χ0n) is 12.4. The summed E-state index contributed by atoms with van der Waals surface area (Å²) in [5.41, 5.74) is 5.96. The highest BCUT2D eigenvalue weighted by Gasteiger charge is 2.51. The van der Waals surface area contributed by atoms with Gasteiger partial charge >= 0.3 is 6.03 Å². The monoisotopic (exact) mass is 293 g/mol. The molecule has 21 heavy (non-hydrogen) atoms. The molecule has 2 fully saturated rings. The van der Waals surface area contributed by atoms with Crippen LogP contribution in [0.2, 0.25) is 0 Å². The molecular weight excluding hydrogens is 270 g/mol. The lowest BCUT2D eigenvalue weighted by molar-refractivity contribution is -0.131. The summed E-state index contributed by atoms with van der Waals surface area (Å²) in [6, 6.07) is -0.304. The van der Waals surface area contributed by atoms with Crippen molar-refractivity contribution in [2.45, 2.75) is 38.1 Å². The lowest BCUT2D eigenvalue weighted by Gasteiger charge is -2.20. The second-order valence-electron chi connectivity index (χ2n) is 5.76. The van der Waals surface area contributed by atoms with Crippen LogP contribution in [-0.2, 0) is 4.79 Å². The zero-order chi connectivity index (χ0) is 15.5. The van der Waals surface area contributed by atoms with Crippen LogP contribution in [0, 0.1) is 0 Å². The molecule has 1 aliphatic carbocycles. The van der Waals surface area contributed by atoms with Gasteiger partial charge in [-0.2, -0.15) is 0 Å². The molecule has 1 heterocycles. The molecule has 0 radical (unpaired) electrons. The van der Waals surface area contributed by atoms with Crippen LogP contribution in [0.5, 0.6) is 0 Å². The number of rotatable bonds is 5. The summed E-state index contributed by atoms with van der Waals surface area (Å²) in [6.45, 7) is 6.74. The molecule has 0 unspecified atom stereocenters. The van der Waals surface area contributed by atoms with Crippen molar-refractivity contribution in [2.24, 2.45) is 10.7 Å². The fraction of sp³-hybridized carbons (Fsp3) is 0.643. The topological polar surface area (TPSA) is 99.8 Å². The molecule has 3 amide bonds. The Morgan fingerprint density at radius 2 is 2.14 bits per heavy atom. The van der Waals surface area contributed by atoms with Crippen molar-refractivity contribution in [3.05, 3.63) is 12.2 Å². The Balaban J connectivity index is 1.83. The highest BCUT2D eigenvalue weighted by Crippen LogP contribution is 2.34. The van der Waals surface area contributed by atoms with Gasteiger partial charge in [-0.25, -0.2) is 9.79 Å². The van der Waals surface area contributed by atoms with Gasteiger partial charge in [0.15, 0.2) is 5.96 Å². The average molecular weight is 293 g/mol. The van der Waals surface area contributed by atoms with Crippen molar-refractivity contribution in [2.75, 3.05) is 19.6 Å². The van der Waals surface area contributed by atoms with Gasteiger partial charge in [0.25, 0.3) is 5.91 Å². The molecule has 0 bridgehead atoms. The van der Waals surface area contributed by atoms with Gasteiger partial charge in [-0.05, 0) is 19.8 Å². The van der Waals surface area contributed by atoms with E-state index in [1.54, 1.807) is 0 Å². The predicted molar refractivity (Wildman–Crippen MR) is 80.7 cm³/mol. The number of aliphatic imine (C=N–C) groups is 1. The number of nitrogens with one attached hydrogen (secondary N) is 2. The summed E-state index contributed by atoms with van der Waals surface area (Å²) >= 11 is 0. The largest absolute Gasteiger partial charge is 0.370 e. The van der Waals surface area contributed by atoms with Crippen molar-refractivity contribution in [1.29, 1.82) is 0 Å². The van der Waals surface area contributed by atoms with E-state index in [0.717, 1.165) is 31.3 Å². The van der Waals surface area contributed by atoms with Gasteiger partial charge in [0, 0.05) is 13.1 Å². The third-order valence-corrected chi connectivity index (χ3v) is 3.86. The molecule has 1 spiro atoms. The summed E-state index contributed by atoms with van der Waals surface area (Å²) in [5.74, 6) is 0.185. The molecular formula is C14H23N5O2. The lowest BCUT2D eigenvalue weighted by atomic mass is 9.98. The third-order valence-electron chi connectivity index (χ3n) is 3.86. The van der Waals surface area contributed by atoms with Gasteiger partial charge < -0.3 is 16.4 Å². The van der Waals surface area contributed by atoms with Crippen LogP contribution in [0.1, 0.15) is 32.6 Å². The van der Waals surface area contributed by atoms with Crippen LogP contribution < -0.4 is 16.4 Å². The minimum absolute atomic E-state index is 0.107. The first-order valence-electron chi connectivity index (χ1n) is 7.27. The number of nitrogens with two attached hydrogens (primary N) is 1. The van der Waals surface area contributed by atoms with Gasteiger partial charge in [-0.15, -0.1) is 0 Å². The molecule has 0 aromatic rings. The molecule has 0 aromatic heterocycles. The summed E-state index contributed by atoms with van der Waals surface area (Å²) < 4.78 is 0. The zero-order valence-corrected chi connectivity index (χ0v) is 12.4. The maximum absolute atomic E-state index is 12.4. The SMILES string of the molecule is C=C(C)CN=C(N)NCCN1C(=O)NC2(CCCC2)C1=O. The van der Waals surface area contributed by atoms with Crippen molar-refractivity contribution in [3.63, 3.8) is 0 Å². The van der Waals surface area contributed by atoms with Gasteiger partial charge in [-0.1, -0.05) is 25.0 Å². The number of hydrogen-bond donors (Lipinski definition) is 3. The second-order valence-corrected chi connectivity index (χ2v) is 5.76.